The Labute approximate surface area is 44.0 Å². The molecule has 0 aliphatic heterocycles. The molecule has 0 rings (SSSR count). The lowest BCUT2D eigenvalue weighted by Gasteiger charge is -1.77. The number of halogens is 1. The first kappa shape index (κ1) is 6.67. The van der Waals surface area contributed by atoms with E-state index in [4.69, 9.17) is 0 Å². The molecular formula is C6H11F. The van der Waals surface area contributed by atoms with E-state index in [2.05, 4.69) is 0 Å². The first-order valence-electron chi connectivity index (χ1n) is 2.62. The fourth-order valence-electron chi connectivity index (χ4n) is 0.348. The van der Waals surface area contributed by atoms with E-state index in [1.807, 2.05) is 19.1 Å². The lowest BCUT2D eigenvalue weighted by molar-refractivity contribution is 0.501. The summed E-state index contributed by atoms with van der Waals surface area (Å²) in [6.45, 7) is 1.81. The summed E-state index contributed by atoms with van der Waals surface area (Å²) in [5.41, 5.74) is 0. The molecule has 0 amide bonds. The van der Waals surface area contributed by atoms with Crippen molar-refractivity contribution in [3.63, 3.8) is 0 Å². The van der Waals surface area contributed by atoms with Crippen LogP contribution in [0, 0.1) is 0 Å². The van der Waals surface area contributed by atoms with E-state index in [1.54, 1.807) is 0 Å². The van der Waals surface area contributed by atoms with Crippen molar-refractivity contribution in [3.8, 4) is 0 Å². The third kappa shape index (κ3) is 5.67. The molecule has 7 heavy (non-hydrogen) atoms. The van der Waals surface area contributed by atoms with Crippen molar-refractivity contribution in [1.82, 2.24) is 0 Å². The molecule has 0 aromatic carbocycles. The van der Waals surface area contributed by atoms with Gasteiger partial charge in [0.1, 0.15) is 0 Å². The quantitative estimate of drug-likeness (QED) is 0.480. The van der Waals surface area contributed by atoms with Crippen molar-refractivity contribution in [2.75, 3.05) is 6.67 Å². The van der Waals surface area contributed by atoms with Crippen LogP contribution in [-0.4, -0.2) is 6.67 Å². The minimum absolute atomic E-state index is 0.226. The Morgan fingerprint density at radius 1 is 1.43 bits per heavy atom. The van der Waals surface area contributed by atoms with Gasteiger partial charge in [-0.2, -0.15) is 0 Å². The summed E-state index contributed by atoms with van der Waals surface area (Å²) >= 11 is 0. The SMILES string of the molecule is CC/C=C/CCF. The van der Waals surface area contributed by atoms with Crippen LogP contribution in [0.3, 0.4) is 0 Å². The van der Waals surface area contributed by atoms with E-state index in [9.17, 15) is 4.39 Å². The third-order valence-corrected chi connectivity index (χ3v) is 0.678. The number of hydrogen-bond donors (Lipinski definition) is 0. The average molecular weight is 102 g/mol. The van der Waals surface area contributed by atoms with Crippen molar-refractivity contribution >= 4 is 0 Å². The molecule has 0 aliphatic rings. The van der Waals surface area contributed by atoms with E-state index in [0.29, 0.717) is 6.42 Å². The van der Waals surface area contributed by atoms with E-state index in [-0.39, 0.29) is 6.67 Å². The summed E-state index contributed by atoms with van der Waals surface area (Å²) in [4.78, 5) is 0. The summed E-state index contributed by atoms with van der Waals surface area (Å²) in [5, 5.41) is 0. The highest BCUT2D eigenvalue weighted by atomic mass is 19.1. The molecule has 0 N–H and O–H groups in total. The van der Waals surface area contributed by atoms with E-state index < -0.39 is 0 Å². The van der Waals surface area contributed by atoms with Gasteiger partial charge >= 0.3 is 0 Å². The highest BCUT2D eigenvalue weighted by Crippen LogP contribution is 1.85. The van der Waals surface area contributed by atoms with Crippen LogP contribution in [0.2, 0.25) is 0 Å². The second-order valence-corrected chi connectivity index (χ2v) is 1.36. The molecule has 0 fully saturated rings. The third-order valence-electron chi connectivity index (χ3n) is 0.678. The summed E-state index contributed by atoms with van der Waals surface area (Å²) in [6, 6.07) is 0. The van der Waals surface area contributed by atoms with Crippen molar-refractivity contribution in [2.45, 2.75) is 19.8 Å². The van der Waals surface area contributed by atoms with Crippen molar-refractivity contribution in [3.05, 3.63) is 12.2 Å². The molecule has 42 valence electrons. The zero-order valence-electron chi connectivity index (χ0n) is 4.65. The Morgan fingerprint density at radius 3 is 2.57 bits per heavy atom. The zero-order valence-corrected chi connectivity index (χ0v) is 4.65. The second kappa shape index (κ2) is 5.67. The van der Waals surface area contributed by atoms with Gasteiger partial charge in [0.15, 0.2) is 0 Å². The van der Waals surface area contributed by atoms with E-state index in [0.717, 1.165) is 6.42 Å². The maximum atomic E-state index is 11.3. The van der Waals surface area contributed by atoms with E-state index >= 15 is 0 Å². The molecule has 1 heteroatoms. The Balaban J connectivity index is 2.78. The molecule has 0 spiro atoms. The number of allylic oxidation sites excluding steroid dienone is 2. The molecule has 0 unspecified atom stereocenters. The molecule has 0 nitrogen and oxygen atoms in total. The Hall–Kier alpha value is -0.330. The van der Waals surface area contributed by atoms with Gasteiger partial charge in [-0.1, -0.05) is 19.1 Å². The van der Waals surface area contributed by atoms with Crippen LogP contribution in [0.1, 0.15) is 19.8 Å². The van der Waals surface area contributed by atoms with Crippen molar-refractivity contribution in [2.24, 2.45) is 0 Å². The normalized spacial score (nSPS) is 10.6. The van der Waals surface area contributed by atoms with E-state index in [1.165, 1.54) is 0 Å². The molecule has 0 aromatic rings. The fraction of sp³-hybridized carbons (Fsp3) is 0.667. The number of rotatable bonds is 3. The Kier molecular flexibility index (Phi) is 5.40. The standard InChI is InChI=1S/C6H11F/c1-2-3-4-5-6-7/h3-4H,2,5-6H2,1H3/b4-3+. The van der Waals surface area contributed by atoms with Crippen molar-refractivity contribution in [1.29, 1.82) is 0 Å². The number of hydrogen-bond acceptors (Lipinski definition) is 0. The van der Waals surface area contributed by atoms with Crippen LogP contribution in [0.25, 0.3) is 0 Å². The predicted molar refractivity (Wildman–Crippen MR) is 30.0 cm³/mol. The minimum atomic E-state index is -0.226. The maximum absolute atomic E-state index is 11.3. The molecule has 0 aliphatic carbocycles. The van der Waals surface area contributed by atoms with Gasteiger partial charge in [0.25, 0.3) is 0 Å². The topological polar surface area (TPSA) is 0 Å². The van der Waals surface area contributed by atoms with Gasteiger partial charge in [0.05, 0.1) is 6.67 Å². The fourth-order valence-corrected chi connectivity index (χ4v) is 0.348. The van der Waals surface area contributed by atoms with Gasteiger partial charge in [-0.05, 0) is 12.8 Å². The van der Waals surface area contributed by atoms with Gasteiger partial charge in [-0.15, -0.1) is 0 Å². The van der Waals surface area contributed by atoms with Crippen LogP contribution in [0.15, 0.2) is 12.2 Å². The predicted octanol–water partition coefficient (Wildman–Crippen LogP) is 2.31. The van der Waals surface area contributed by atoms with Gasteiger partial charge in [-0.3, -0.25) is 4.39 Å². The van der Waals surface area contributed by atoms with Crippen LogP contribution in [0.5, 0.6) is 0 Å². The Bertz CT molecular complexity index is 48.1. The Morgan fingerprint density at radius 2 is 2.14 bits per heavy atom. The van der Waals surface area contributed by atoms with Gasteiger partial charge in [0, 0.05) is 0 Å². The molecule has 0 radical (unpaired) electrons. The largest absolute Gasteiger partial charge is 0.251 e. The average Bonchev–Trinajstić information content (AvgIpc) is 1.69. The zero-order chi connectivity index (χ0) is 5.54. The van der Waals surface area contributed by atoms with Crippen LogP contribution in [-0.2, 0) is 0 Å². The van der Waals surface area contributed by atoms with Gasteiger partial charge in [-0.25, -0.2) is 0 Å². The summed E-state index contributed by atoms with van der Waals surface area (Å²) in [7, 11) is 0. The molecule has 0 bridgehead atoms. The van der Waals surface area contributed by atoms with Crippen LogP contribution in [0.4, 0.5) is 4.39 Å². The molecule has 0 saturated carbocycles. The van der Waals surface area contributed by atoms with Crippen LogP contribution < -0.4 is 0 Å². The number of alkyl halides is 1. The molecule has 0 saturated heterocycles. The van der Waals surface area contributed by atoms with Gasteiger partial charge < -0.3 is 0 Å². The van der Waals surface area contributed by atoms with Gasteiger partial charge in [0.2, 0.25) is 0 Å². The summed E-state index contributed by atoms with van der Waals surface area (Å²) < 4.78 is 11.3. The highest BCUT2D eigenvalue weighted by Gasteiger charge is 1.71. The minimum Gasteiger partial charge on any atom is -0.251 e. The molecular weight excluding hydrogens is 91.1 g/mol. The monoisotopic (exact) mass is 102 g/mol. The van der Waals surface area contributed by atoms with Crippen LogP contribution >= 0.6 is 0 Å². The lowest BCUT2D eigenvalue weighted by Crippen LogP contribution is -1.65. The molecule has 0 atom stereocenters. The van der Waals surface area contributed by atoms with Crippen molar-refractivity contribution < 1.29 is 4.39 Å². The lowest BCUT2D eigenvalue weighted by atomic mass is 10.3. The smallest absolute Gasteiger partial charge is 0.0928 e. The first-order valence-corrected chi connectivity index (χ1v) is 2.62. The highest BCUT2D eigenvalue weighted by molar-refractivity contribution is 4.79. The second-order valence-electron chi connectivity index (χ2n) is 1.36. The summed E-state index contributed by atoms with van der Waals surface area (Å²) in [5.74, 6) is 0. The maximum Gasteiger partial charge on any atom is 0.0928 e. The first-order chi connectivity index (χ1) is 3.41. The summed E-state index contributed by atoms with van der Waals surface area (Å²) in [6.07, 6.45) is 5.42. The molecule has 0 heterocycles. The molecule has 0 aromatic heterocycles.